The zero-order valence-electron chi connectivity index (χ0n) is 14.9. The molecule has 0 saturated heterocycles. The molecule has 27 heavy (non-hydrogen) atoms. The van der Waals surface area contributed by atoms with Gasteiger partial charge in [-0.1, -0.05) is 13.8 Å². The molecule has 3 atom stereocenters. The van der Waals surface area contributed by atoms with Gasteiger partial charge < -0.3 is 19.5 Å². The van der Waals surface area contributed by atoms with Gasteiger partial charge in [-0.05, 0) is 24.2 Å². The molecule has 0 aromatic rings. The van der Waals surface area contributed by atoms with Crippen molar-refractivity contribution >= 4 is 33.8 Å². The number of rotatable bonds is 8. The molecule has 0 heterocycles. The molecule has 2 rings (SSSR count). The zero-order chi connectivity index (χ0) is 20.8. The maximum Gasteiger partial charge on any atom is 0.336 e. The normalized spacial score (nSPS) is 28.6. The fraction of sp³-hybridized carbons (Fsp3) is 0.750. The third kappa shape index (κ3) is 3.70. The van der Waals surface area contributed by atoms with E-state index in [1.54, 1.807) is 13.8 Å². The van der Waals surface area contributed by atoms with E-state index >= 15 is 0 Å². The average Bonchev–Trinajstić information content (AvgIpc) is 2.78. The number of Topliss-reactive ketones (excluding diaryl/α,β-unsaturated/α-hetero) is 1. The molecule has 0 radical (unpaired) electrons. The minimum atomic E-state index is -4.56. The van der Waals surface area contributed by atoms with Crippen molar-refractivity contribution in [2.45, 2.75) is 51.6 Å². The Morgan fingerprint density at radius 2 is 1.81 bits per heavy atom. The van der Waals surface area contributed by atoms with Crippen molar-refractivity contribution in [3.05, 3.63) is 0 Å². The van der Waals surface area contributed by atoms with Crippen molar-refractivity contribution in [1.29, 1.82) is 0 Å². The fourth-order valence-electron chi connectivity index (χ4n) is 4.31. The molecule has 2 aliphatic rings. The van der Waals surface area contributed by atoms with Gasteiger partial charge in [-0.3, -0.25) is 14.4 Å². The zero-order valence-corrected chi connectivity index (χ0v) is 15.7. The molecular weight excluding hydrogens is 384 g/mol. The first-order valence-corrected chi connectivity index (χ1v) is 9.89. The topological polar surface area (TPSA) is 172 Å². The van der Waals surface area contributed by atoms with Gasteiger partial charge in [0, 0.05) is 6.42 Å². The summed E-state index contributed by atoms with van der Waals surface area (Å²) in [6.07, 6.45) is -1.39. The van der Waals surface area contributed by atoms with Gasteiger partial charge in [0.05, 0.1) is 24.0 Å². The van der Waals surface area contributed by atoms with E-state index in [4.69, 9.17) is 10.2 Å². The highest BCUT2D eigenvalue weighted by molar-refractivity contribution is 7.87. The lowest BCUT2D eigenvalue weighted by atomic mass is 9.70. The number of aliphatic hydroxyl groups is 1. The minimum Gasteiger partial charge on any atom is -0.481 e. The Bertz CT molecular complexity index is 798. The summed E-state index contributed by atoms with van der Waals surface area (Å²) in [6.45, 7) is 3.59. The first kappa shape index (κ1) is 21.3. The Kier molecular flexibility index (Phi) is 5.17. The molecule has 0 aromatic heterocycles. The summed E-state index contributed by atoms with van der Waals surface area (Å²) in [5, 5.41) is 27.4. The van der Waals surface area contributed by atoms with Gasteiger partial charge in [0.25, 0.3) is 0 Å². The molecule has 0 aromatic carbocycles. The SMILES string of the molecule is CC1(C)C2CCC1(CS(=O)(=O)OC(=O)CC(O)(CC(=O)O)C(=O)O)C(=O)C2. The van der Waals surface area contributed by atoms with Crippen LogP contribution in [0, 0.1) is 16.7 Å². The fourth-order valence-corrected chi connectivity index (χ4v) is 6.00. The van der Waals surface area contributed by atoms with Crippen molar-refractivity contribution in [2.24, 2.45) is 16.7 Å². The van der Waals surface area contributed by atoms with Gasteiger partial charge in [-0.2, -0.15) is 8.42 Å². The Labute approximate surface area is 155 Å². The summed E-state index contributed by atoms with van der Waals surface area (Å²) in [7, 11) is -4.56. The van der Waals surface area contributed by atoms with Crippen LogP contribution in [0.4, 0.5) is 0 Å². The summed E-state index contributed by atoms with van der Waals surface area (Å²) in [6, 6.07) is 0. The third-order valence-electron chi connectivity index (χ3n) is 6.06. The maximum atomic E-state index is 12.4. The van der Waals surface area contributed by atoms with Crippen LogP contribution in [0.25, 0.3) is 0 Å². The number of aliphatic carboxylic acids is 2. The van der Waals surface area contributed by atoms with Crippen LogP contribution in [0.2, 0.25) is 0 Å². The lowest BCUT2D eigenvalue weighted by Gasteiger charge is -2.35. The average molecular weight is 406 g/mol. The molecule has 152 valence electrons. The summed E-state index contributed by atoms with van der Waals surface area (Å²) in [5.41, 5.74) is -4.77. The molecule has 10 nitrogen and oxygen atoms in total. The van der Waals surface area contributed by atoms with Crippen LogP contribution >= 0.6 is 0 Å². The van der Waals surface area contributed by atoms with Gasteiger partial charge in [-0.25, -0.2) is 4.79 Å². The van der Waals surface area contributed by atoms with Crippen LogP contribution in [0.3, 0.4) is 0 Å². The Morgan fingerprint density at radius 1 is 1.22 bits per heavy atom. The first-order valence-electron chi connectivity index (χ1n) is 8.31. The highest BCUT2D eigenvalue weighted by Gasteiger charge is 2.65. The van der Waals surface area contributed by atoms with Crippen LogP contribution in [0.5, 0.6) is 0 Å². The van der Waals surface area contributed by atoms with Gasteiger partial charge in [0.15, 0.2) is 5.60 Å². The van der Waals surface area contributed by atoms with E-state index in [0.717, 1.165) is 0 Å². The largest absolute Gasteiger partial charge is 0.481 e. The molecule has 2 bridgehead atoms. The van der Waals surface area contributed by atoms with E-state index in [-0.39, 0.29) is 18.1 Å². The van der Waals surface area contributed by atoms with E-state index in [0.29, 0.717) is 12.8 Å². The predicted molar refractivity (Wildman–Crippen MR) is 87.9 cm³/mol. The number of hydrogen-bond acceptors (Lipinski definition) is 8. The third-order valence-corrected chi connectivity index (χ3v) is 7.35. The number of fused-ring (bicyclic) bond motifs is 2. The molecule has 0 amide bonds. The van der Waals surface area contributed by atoms with E-state index in [9.17, 15) is 32.7 Å². The van der Waals surface area contributed by atoms with E-state index in [1.807, 2.05) is 0 Å². The van der Waals surface area contributed by atoms with Crippen LogP contribution < -0.4 is 0 Å². The highest BCUT2D eigenvalue weighted by atomic mass is 32.2. The van der Waals surface area contributed by atoms with Crippen LogP contribution in [-0.2, 0) is 33.5 Å². The monoisotopic (exact) mass is 406 g/mol. The number of carbonyl (C=O) groups is 4. The summed E-state index contributed by atoms with van der Waals surface area (Å²) in [4.78, 5) is 46.0. The van der Waals surface area contributed by atoms with Gasteiger partial charge in [0.2, 0.25) is 0 Å². The standard InChI is InChI=1S/C16H22O10S/c1-14(2)9-3-4-15(14,10(17)5-9)8-27(24,25)26-12(20)7-16(23,13(21)22)6-11(18)19/h9,23H,3-8H2,1-2H3,(H,18,19)(H,21,22). The number of carboxylic acids is 2. The molecule has 2 saturated carbocycles. The molecule has 11 heteroatoms. The van der Waals surface area contributed by atoms with Crippen LogP contribution in [-0.4, -0.2) is 58.8 Å². The lowest BCUT2D eigenvalue weighted by Crippen LogP contribution is -2.45. The second-order valence-corrected chi connectivity index (χ2v) is 9.48. The molecule has 0 spiro atoms. The second kappa shape index (κ2) is 6.55. The number of hydrogen-bond donors (Lipinski definition) is 3. The molecule has 3 N–H and O–H groups in total. The maximum absolute atomic E-state index is 12.4. The predicted octanol–water partition coefficient (Wildman–Crippen LogP) is -0.0647. The minimum absolute atomic E-state index is 0.0450. The Morgan fingerprint density at radius 3 is 2.22 bits per heavy atom. The molecule has 0 aliphatic heterocycles. The van der Waals surface area contributed by atoms with Crippen molar-refractivity contribution in [3.63, 3.8) is 0 Å². The van der Waals surface area contributed by atoms with Gasteiger partial charge in [0.1, 0.15) is 5.78 Å². The van der Waals surface area contributed by atoms with E-state index < -0.39 is 63.1 Å². The van der Waals surface area contributed by atoms with Gasteiger partial charge in [-0.15, -0.1) is 0 Å². The van der Waals surface area contributed by atoms with E-state index in [1.165, 1.54) is 0 Å². The molecule has 2 fully saturated rings. The van der Waals surface area contributed by atoms with Crippen molar-refractivity contribution in [2.75, 3.05) is 5.75 Å². The van der Waals surface area contributed by atoms with Crippen molar-refractivity contribution in [1.82, 2.24) is 0 Å². The van der Waals surface area contributed by atoms with E-state index in [2.05, 4.69) is 4.18 Å². The van der Waals surface area contributed by atoms with Crippen LogP contribution in [0.1, 0.15) is 46.0 Å². The first-order chi connectivity index (χ1) is 12.2. The summed E-state index contributed by atoms with van der Waals surface area (Å²) < 4.78 is 29.1. The van der Waals surface area contributed by atoms with Crippen molar-refractivity contribution in [3.8, 4) is 0 Å². The summed E-state index contributed by atoms with van der Waals surface area (Å²) in [5.74, 6) is -6.18. The van der Waals surface area contributed by atoms with Gasteiger partial charge >= 0.3 is 28.0 Å². The smallest absolute Gasteiger partial charge is 0.336 e. The molecule has 3 unspecified atom stereocenters. The Balaban J connectivity index is 2.14. The van der Waals surface area contributed by atoms with Crippen LogP contribution in [0.15, 0.2) is 0 Å². The van der Waals surface area contributed by atoms with Crippen molar-refractivity contribution < 1.29 is 47.1 Å². The second-order valence-electron chi connectivity index (χ2n) is 7.91. The molecular formula is C16H22O10S. The summed E-state index contributed by atoms with van der Waals surface area (Å²) >= 11 is 0. The quantitative estimate of drug-likeness (QED) is 0.463. The number of carbonyl (C=O) groups excluding carboxylic acids is 2. The molecule has 2 aliphatic carbocycles. The highest BCUT2D eigenvalue weighted by Crippen LogP contribution is 2.64. The lowest BCUT2D eigenvalue weighted by molar-refractivity contribution is -0.169. The number of ketones is 1. The Hall–Kier alpha value is -2.01. The number of carboxylic acid groups (broad SMARTS) is 2.